The minimum absolute atomic E-state index is 0.151. The van der Waals surface area contributed by atoms with Crippen molar-refractivity contribution in [1.29, 1.82) is 0 Å². The molecule has 0 spiro atoms. The molecule has 2 aliphatic heterocycles. The number of benzene rings is 2. The molecule has 1 saturated heterocycles. The van der Waals surface area contributed by atoms with Crippen LogP contribution in [0.1, 0.15) is 31.2 Å². The molecule has 0 atom stereocenters. The number of rotatable bonds is 5. The lowest BCUT2D eigenvalue weighted by molar-refractivity contribution is -0.115. The molecule has 30 heavy (non-hydrogen) atoms. The first-order valence-corrected chi connectivity index (χ1v) is 11.7. The van der Waals surface area contributed by atoms with Gasteiger partial charge in [-0.1, -0.05) is 18.6 Å². The third kappa shape index (κ3) is 4.76. The molecule has 1 N–H and O–H groups in total. The highest BCUT2D eigenvalue weighted by Crippen LogP contribution is 2.32. The molecule has 0 bridgehead atoms. The van der Waals surface area contributed by atoms with Gasteiger partial charge >= 0.3 is 0 Å². The molecule has 1 amide bonds. The molecule has 8 heteroatoms. The normalized spacial score (nSPS) is 17.2. The van der Waals surface area contributed by atoms with Crippen LogP contribution in [0.25, 0.3) is 0 Å². The van der Waals surface area contributed by atoms with Crippen molar-refractivity contribution >= 4 is 21.6 Å². The highest BCUT2D eigenvalue weighted by atomic mass is 32.2. The minimum atomic E-state index is -3.46. The van der Waals surface area contributed by atoms with Crippen LogP contribution in [0.5, 0.6) is 11.5 Å². The summed E-state index contributed by atoms with van der Waals surface area (Å²) in [5, 5.41) is 2.86. The zero-order valence-electron chi connectivity index (χ0n) is 16.8. The lowest BCUT2D eigenvalue weighted by Gasteiger charge is -2.25. The Bertz CT molecular complexity index is 999. The maximum Gasteiger partial charge on any atom is 0.243 e. The van der Waals surface area contributed by atoms with Crippen LogP contribution in [0.15, 0.2) is 47.4 Å². The van der Waals surface area contributed by atoms with Crippen LogP contribution in [-0.2, 0) is 21.2 Å². The molecule has 0 radical (unpaired) electrons. The van der Waals surface area contributed by atoms with E-state index in [1.54, 1.807) is 46.8 Å². The molecule has 2 aliphatic rings. The number of amides is 1. The Morgan fingerprint density at radius 2 is 1.60 bits per heavy atom. The van der Waals surface area contributed by atoms with Crippen LogP contribution in [0, 0.1) is 0 Å². The first-order chi connectivity index (χ1) is 14.5. The summed E-state index contributed by atoms with van der Waals surface area (Å²) in [5.41, 5.74) is 1.38. The van der Waals surface area contributed by atoms with Crippen LogP contribution in [0.4, 0.5) is 5.69 Å². The summed E-state index contributed by atoms with van der Waals surface area (Å²) >= 11 is 0. The van der Waals surface area contributed by atoms with Crippen molar-refractivity contribution in [3.63, 3.8) is 0 Å². The quantitative estimate of drug-likeness (QED) is 0.787. The first-order valence-electron chi connectivity index (χ1n) is 10.3. The van der Waals surface area contributed by atoms with E-state index < -0.39 is 10.0 Å². The first kappa shape index (κ1) is 20.7. The van der Waals surface area contributed by atoms with Crippen LogP contribution in [0.2, 0.25) is 0 Å². The summed E-state index contributed by atoms with van der Waals surface area (Å²) in [4.78, 5) is 12.7. The lowest BCUT2D eigenvalue weighted by Crippen LogP contribution is -2.35. The summed E-state index contributed by atoms with van der Waals surface area (Å²) in [5.74, 6) is 1.12. The molecule has 0 saturated carbocycles. The molecule has 160 valence electrons. The fourth-order valence-corrected chi connectivity index (χ4v) is 5.18. The fourth-order valence-electron chi connectivity index (χ4n) is 3.67. The topological polar surface area (TPSA) is 84.9 Å². The maximum absolute atomic E-state index is 12.7. The average molecular weight is 431 g/mol. The Hall–Kier alpha value is -2.58. The summed E-state index contributed by atoms with van der Waals surface area (Å²) in [6.45, 7) is 2.34. The zero-order chi connectivity index (χ0) is 21.0. The number of hydrogen-bond acceptors (Lipinski definition) is 5. The molecule has 2 aromatic carbocycles. The van der Waals surface area contributed by atoms with Gasteiger partial charge in [-0.2, -0.15) is 4.31 Å². The van der Waals surface area contributed by atoms with Crippen LogP contribution < -0.4 is 14.8 Å². The number of anilines is 1. The second-order valence-corrected chi connectivity index (χ2v) is 9.48. The third-order valence-electron chi connectivity index (χ3n) is 5.27. The maximum atomic E-state index is 12.7. The summed E-state index contributed by atoms with van der Waals surface area (Å²) in [6, 6.07) is 11.9. The van der Waals surface area contributed by atoms with Crippen molar-refractivity contribution in [1.82, 2.24) is 4.31 Å². The van der Waals surface area contributed by atoms with Crippen molar-refractivity contribution in [2.45, 2.75) is 37.0 Å². The van der Waals surface area contributed by atoms with E-state index >= 15 is 0 Å². The molecule has 0 unspecified atom stereocenters. The number of nitrogens with zero attached hydrogens (tertiary/aromatic N) is 1. The lowest BCUT2D eigenvalue weighted by atomic mass is 10.1. The molecule has 2 aromatic rings. The van der Waals surface area contributed by atoms with Gasteiger partial charge in [0.15, 0.2) is 11.5 Å². The van der Waals surface area contributed by atoms with E-state index in [-0.39, 0.29) is 17.2 Å². The van der Waals surface area contributed by atoms with Crippen LogP contribution in [0.3, 0.4) is 0 Å². The summed E-state index contributed by atoms with van der Waals surface area (Å²) in [6.07, 6.45) is 3.84. The molecule has 0 aromatic heterocycles. The van der Waals surface area contributed by atoms with Gasteiger partial charge in [0.1, 0.15) is 0 Å². The molecule has 0 aliphatic carbocycles. The Kier molecular flexibility index (Phi) is 6.24. The van der Waals surface area contributed by atoms with E-state index in [0.717, 1.165) is 31.2 Å². The SMILES string of the molecule is O=C(Cc1ccc(S(=O)(=O)N2CCCCC2)cc1)Nc1ccc2c(c1)OCCCO2. The van der Waals surface area contributed by atoms with E-state index in [1.807, 2.05) is 0 Å². The average Bonchev–Trinajstić information content (AvgIpc) is 3.00. The standard InChI is InChI=1S/C22H26N2O5S/c25-22(23-18-7-10-20-21(16-18)29-14-4-13-28-20)15-17-5-8-19(9-6-17)30(26,27)24-11-2-1-3-12-24/h5-10,16H,1-4,11-15H2,(H,23,25). The zero-order valence-corrected chi connectivity index (χ0v) is 17.6. The van der Waals surface area contributed by atoms with Gasteiger partial charge in [0.05, 0.1) is 24.5 Å². The monoisotopic (exact) mass is 430 g/mol. The number of piperidine rings is 1. The Labute approximate surface area is 177 Å². The van der Waals surface area contributed by atoms with Crippen molar-refractivity contribution in [3.05, 3.63) is 48.0 Å². The number of carbonyl (C=O) groups is 1. The highest BCUT2D eigenvalue weighted by molar-refractivity contribution is 7.89. The van der Waals surface area contributed by atoms with E-state index in [2.05, 4.69) is 5.32 Å². The Balaban J connectivity index is 1.38. The highest BCUT2D eigenvalue weighted by Gasteiger charge is 2.25. The van der Waals surface area contributed by atoms with E-state index in [0.29, 0.717) is 43.5 Å². The molecule has 4 rings (SSSR count). The number of nitrogens with one attached hydrogen (secondary N) is 1. The third-order valence-corrected chi connectivity index (χ3v) is 7.18. The Morgan fingerprint density at radius 1 is 0.900 bits per heavy atom. The second kappa shape index (κ2) is 9.06. The smallest absolute Gasteiger partial charge is 0.243 e. The van der Waals surface area contributed by atoms with Gasteiger partial charge in [-0.05, 0) is 42.7 Å². The summed E-state index contributed by atoms with van der Waals surface area (Å²) < 4.78 is 38.2. The van der Waals surface area contributed by atoms with Crippen molar-refractivity contribution in [2.75, 3.05) is 31.6 Å². The minimum Gasteiger partial charge on any atom is -0.490 e. The molecular weight excluding hydrogens is 404 g/mol. The molecular formula is C22H26N2O5S. The number of ether oxygens (including phenoxy) is 2. The predicted molar refractivity (Wildman–Crippen MR) is 113 cm³/mol. The molecule has 2 heterocycles. The van der Waals surface area contributed by atoms with Gasteiger partial charge in [-0.15, -0.1) is 0 Å². The van der Waals surface area contributed by atoms with Gasteiger partial charge in [0.2, 0.25) is 15.9 Å². The number of fused-ring (bicyclic) bond motifs is 1. The van der Waals surface area contributed by atoms with E-state index in [4.69, 9.17) is 9.47 Å². The van der Waals surface area contributed by atoms with Crippen molar-refractivity contribution in [3.8, 4) is 11.5 Å². The van der Waals surface area contributed by atoms with Gasteiger partial charge < -0.3 is 14.8 Å². The van der Waals surface area contributed by atoms with Crippen molar-refractivity contribution < 1.29 is 22.7 Å². The van der Waals surface area contributed by atoms with Gasteiger partial charge in [-0.3, -0.25) is 4.79 Å². The van der Waals surface area contributed by atoms with Gasteiger partial charge in [-0.25, -0.2) is 8.42 Å². The second-order valence-electron chi connectivity index (χ2n) is 7.55. The summed E-state index contributed by atoms with van der Waals surface area (Å²) in [7, 11) is -3.46. The van der Waals surface area contributed by atoms with E-state index in [1.165, 1.54) is 0 Å². The Morgan fingerprint density at radius 3 is 2.33 bits per heavy atom. The number of carbonyl (C=O) groups excluding carboxylic acids is 1. The van der Waals surface area contributed by atoms with Gasteiger partial charge in [0.25, 0.3) is 0 Å². The number of sulfonamides is 1. The number of hydrogen-bond donors (Lipinski definition) is 1. The fraction of sp³-hybridized carbons (Fsp3) is 0.409. The molecule has 1 fully saturated rings. The van der Waals surface area contributed by atoms with Crippen LogP contribution >= 0.6 is 0 Å². The van der Waals surface area contributed by atoms with E-state index in [9.17, 15) is 13.2 Å². The van der Waals surface area contributed by atoms with Crippen molar-refractivity contribution in [2.24, 2.45) is 0 Å². The van der Waals surface area contributed by atoms with Gasteiger partial charge in [0, 0.05) is 31.3 Å². The molecule has 7 nitrogen and oxygen atoms in total. The largest absolute Gasteiger partial charge is 0.490 e. The predicted octanol–water partition coefficient (Wildman–Crippen LogP) is 3.20. The van der Waals surface area contributed by atoms with Crippen LogP contribution in [-0.4, -0.2) is 44.9 Å².